The first kappa shape index (κ1) is 15.9. The molecule has 1 aliphatic carbocycles. The Morgan fingerprint density at radius 1 is 1.41 bits per heavy atom. The van der Waals surface area contributed by atoms with Gasteiger partial charge < -0.3 is 5.11 Å². The summed E-state index contributed by atoms with van der Waals surface area (Å²) in [6.07, 6.45) is 6.39. The number of likely N-dealkylation sites (tertiary alicyclic amines) is 1. The predicted molar refractivity (Wildman–Crippen MR) is 86.7 cm³/mol. The van der Waals surface area contributed by atoms with E-state index < -0.39 is 11.6 Å². The minimum atomic E-state index is -1.25. The fraction of sp³-hybridized carbons (Fsp3) is 0.750. The number of piperidine rings is 1. The van der Waals surface area contributed by atoms with E-state index in [1.54, 1.807) is 18.3 Å². The summed E-state index contributed by atoms with van der Waals surface area (Å²) in [6.45, 7) is 2.36. The summed E-state index contributed by atoms with van der Waals surface area (Å²) < 4.78 is 0. The molecule has 122 valence electrons. The van der Waals surface area contributed by atoms with Crippen LogP contribution < -0.4 is 0 Å². The minimum absolute atomic E-state index is 0.265. The molecule has 22 heavy (non-hydrogen) atoms. The van der Waals surface area contributed by atoms with Crippen LogP contribution in [0.15, 0.2) is 17.5 Å². The molecule has 1 aliphatic heterocycles. The Kier molecular flexibility index (Phi) is 4.52. The molecule has 0 radical (unpaired) electrons. The van der Waals surface area contributed by atoms with E-state index in [2.05, 4.69) is 4.90 Å². The van der Waals surface area contributed by atoms with Gasteiger partial charge in [0.1, 0.15) is 11.6 Å². The zero-order valence-electron chi connectivity index (χ0n) is 13.0. The third-order valence-electron chi connectivity index (χ3n) is 5.28. The van der Waals surface area contributed by atoms with Crippen LogP contribution in [0, 0.1) is 10.1 Å². The lowest BCUT2D eigenvalue weighted by atomic mass is 9.80. The van der Waals surface area contributed by atoms with E-state index in [4.69, 9.17) is 0 Å². The van der Waals surface area contributed by atoms with E-state index in [1.807, 2.05) is 17.5 Å². The lowest BCUT2D eigenvalue weighted by Gasteiger charge is -2.47. The van der Waals surface area contributed by atoms with E-state index in [0.717, 1.165) is 24.3 Å². The molecule has 2 fully saturated rings. The maximum absolute atomic E-state index is 11.7. The Bertz CT molecular complexity index is 511. The Balaban J connectivity index is 1.96. The van der Waals surface area contributed by atoms with Crippen LogP contribution >= 0.6 is 11.3 Å². The maximum Gasteiger partial charge on any atom is 0.261 e. The smallest absolute Gasteiger partial charge is 0.261 e. The first-order valence-electron chi connectivity index (χ1n) is 8.16. The summed E-state index contributed by atoms with van der Waals surface area (Å²) in [4.78, 5) is 14.8. The first-order valence-corrected chi connectivity index (χ1v) is 9.04. The number of hydrogen-bond acceptors (Lipinski definition) is 5. The quantitative estimate of drug-likeness (QED) is 0.685. The molecule has 0 unspecified atom stereocenters. The molecule has 6 heteroatoms. The number of aliphatic hydroxyl groups is 1. The molecule has 0 bridgehead atoms. The molecule has 2 aliphatic rings. The monoisotopic (exact) mass is 324 g/mol. The van der Waals surface area contributed by atoms with E-state index >= 15 is 0 Å². The van der Waals surface area contributed by atoms with Crippen LogP contribution in [0.1, 0.15) is 56.4 Å². The standard InChI is InChI=1S/C16H24N2O3S/c1-16(19)9-10-17(12-6-3-2-4-7-12)14(15(16)18(20)21)13-8-5-11-22-13/h5,8,11-12,14-15,19H,2-4,6-7,9-10H2,1H3/t14-,15-,16+/m1/s1. The Morgan fingerprint density at radius 3 is 2.73 bits per heavy atom. The summed E-state index contributed by atoms with van der Waals surface area (Å²) in [7, 11) is 0. The van der Waals surface area contributed by atoms with Gasteiger partial charge >= 0.3 is 0 Å². The van der Waals surface area contributed by atoms with Gasteiger partial charge in [0.15, 0.2) is 0 Å². The van der Waals surface area contributed by atoms with Crippen molar-refractivity contribution < 1.29 is 10.0 Å². The van der Waals surface area contributed by atoms with Gasteiger partial charge in [0.05, 0.1) is 0 Å². The fourth-order valence-corrected chi connectivity index (χ4v) is 4.98. The molecule has 3 rings (SSSR count). The summed E-state index contributed by atoms with van der Waals surface area (Å²) in [6, 6.07) is 3.07. The molecular formula is C16H24N2O3S. The second-order valence-electron chi connectivity index (χ2n) is 6.83. The molecule has 0 spiro atoms. The van der Waals surface area contributed by atoms with Crippen LogP contribution in [0.25, 0.3) is 0 Å². The van der Waals surface area contributed by atoms with Gasteiger partial charge in [-0.2, -0.15) is 0 Å². The largest absolute Gasteiger partial charge is 0.383 e. The molecule has 1 aromatic heterocycles. The molecule has 1 saturated heterocycles. The molecular weight excluding hydrogens is 300 g/mol. The number of rotatable bonds is 3. The molecule has 3 atom stereocenters. The van der Waals surface area contributed by atoms with Gasteiger partial charge in [0, 0.05) is 22.4 Å². The highest BCUT2D eigenvalue weighted by molar-refractivity contribution is 7.10. The van der Waals surface area contributed by atoms with Crippen LogP contribution in [0.2, 0.25) is 0 Å². The molecule has 2 heterocycles. The van der Waals surface area contributed by atoms with E-state index in [0.29, 0.717) is 12.5 Å². The van der Waals surface area contributed by atoms with Gasteiger partial charge in [-0.1, -0.05) is 25.3 Å². The van der Waals surface area contributed by atoms with E-state index in [1.165, 1.54) is 19.3 Å². The van der Waals surface area contributed by atoms with Crippen molar-refractivity contribution in [2.75, 3.05) is 6.54 Å². The number of nitro groups is 1. The normalized spacial score (nSPS) is 34.6. The topological polar surface area (TPSA) is 66.6 Å². The fourth-order valence-electron chi connectivity index (χ4n) is 4.11. The van der Waals surface area contributed by atoms with Crippen molar-refractivity contribution in [3.8, 4) is 0 Å². The number of thiophene rings is 1. The number of hydrogen-bond donors (Lipinski definition) is 1. The van der Waals surface area contributed by atoms with Crippen molar-refractivity contribution >= 4 is 11.3 Å². The molecule has 5 nitrogen and oxygen atoms in total. The zero-order chi connectivity index (χ0) is 15.7. The average Bonchev–Trinajstić information content (AvgIpc) is 3.00. The first-order chi connectivity index (χ1) is 10.5. The highest BCUT2D eigenvalue weighted by Crippen LogP contribution is 2.43. The van der Waals surface area contributed by atoms with Crippen molar-refractivity contribution in [1.29, 1.82) is 0 Å². The Labute approximate surface area is 135 Å². The minimum Gasteiger partial charge on any atom is -0.383 e. The van der Waals surface area contributed by atoms with Crippen LogP contribution in [-0.2, 0) is 0 Å². The van der Waals surface area contributed by atoms with Crippen molar-refractivity contribution in [2.45, 2.75) is 69.2 Å². The molecule has 1 aromatic rings. The highest BCUT2D eigenvalue weighted by Gasteiger charge is 2.54. The SMILES string of the molecule is C[C@]1(O)CCN(C2CCCCC2)[C@H](c2cccs2)[C@H]1[N+](=O)[O-]. The highest BCUT2D eigenvalue weighted by atomic mass is 32.1. The average molecular weight is 324 g/mol. The van der Waals surface area contributed by atoms with Gasteiger partial charge in [-0.05, 0) is 37.6 Å². The van der Waals surface area contributed by atoms with Gasteiger partial charge in [0.2, 0.25) is 0 Å². The lowest BCUT2D eigenvalue weighted by molar-refractivity contribution is -0.559. The molecule has 0 amide bonds. The van der Waals surface area contributed by atoms with Gasteiger partial charge in [-0.3, -0.25) is 15.0 Å². The summed E-state index contributed by atoms with van der Waals surface area (Å²) >= 11 is 1.56. The zero-order valence-corrected chi connectivity index (χ0v) is 13.8. The van der Waals surface area contributed by atoms with Crippen LogP contribution in [0.4, 0.5) is 0 Å². The van der Waals surface area contributed by atoms with Crippen molar-refractivity contribution in [1.82, 2.24) is 4.90 Å². The van der Waals surface area contributed by atoms with Gasteiger partial charge in [0.25, 0.3) is 6.04 Å². The van der Waals surface area contributed by atoms with Crippen LogP contribution in [-0.4, -0.2) is 39.2 Å². The molecule has 1 saturated carbocycles. The predicted octanol–water partition coefficient (Wildman–Crippen LogP) is 3.22. The van der Waals surface area contributed by atoms with Crippen molar-refractivity contribution in [3.05, 3.63) is 32.5 Å². The van der Waals surface area contributed by atoms with E-state index in [-0.39, 0.29) is 11.0 Å². The Morgan fingerprint density at radius 2 is 2.14 bits per heavy atom. The second kappa shape index (κ2) is 6.26. The van der Waals surface area contributed by atoms with Crippen LogP contribution in [0.3, 0.4) is 0 Å². The van der Waals surface area contributed by atoms with Gasteiger partial charge in [-0.25, -0.2) is 0 Å². The van der Waals surface area contributed by atoms with Crippen LogP contribution in [0.5, 0.6) is 0 Å². The van der Waals surface area contributed by atoms with Crippen molar-refractivity contribution in [3.63, 3.8) is 0 Å². The maximum atomic E-state index is 11.7. The molecule has 0 aromatic carbocycles. The molecule has 1 N–H and O–H groups in total. The summed E-state index contributed by atoms with van der Waals surface area (Å²) in [5, 5.41) is 24.3. The third kappa shape index (κ3) is 2.92. The second-order valence-corrected chi connectivity index (χ2v) is 7.81. The van der Waals surface area contributed by atoms with E-state index in [9.17, 15) is 15.2 Å². The summed E-state index contributed by atoms with van der Waals surface area (Å²) in [5.74, 6) is 0. The van der Waals surface area contributed by atoms with Gasteiger partial charge in [-0.15, -0.1) is 11.3 Å². The summed E-state index contributed by atoms with van der Waals surface area (Å²) in [5.41, 5.74) is -1.25. The number of nitrogens with zero attached hydrogens (tertiary/aromatic N) is 2. The Hall–Kier alpha value is -0.980. The third-order valence-corrected chi connectivity index (χ3v) is 6.22. The lowest BCUT2D eigenvalue weighted by Crippen LogP contribution is -2.60. The van der Waals surface area contributed by atoms with Crippen molar-refractivity contribution in [2.24, 2.45) is 0 Å².